The molecule has 1 N–H and O–H groups in total. The van der Waals surface area contributed by atoms with Crippen LogP contribution in [0.3, 0.4) is 0 Å². The van der Waals surface area contributed by atoms with Crippen molar-refractivity contribution >= 4 is 17.5 Å². The molecule has 2 aliphatic rings. The van der Waals surface area contributed by atoms with Crippen LogP contribution in [0.1, 0.15) is 43.1 Å². The van der Waals surface area contributed by atoms with Gasteiger partial charge in [0, 0.05) is 30.4 Å². The fourth-order valence-corrected chi connectivity index (χ4v) is 5.36. The van der Waals surface area contributed by atoms with Crippen molar-refractivity contribution in [2.24, 2.45) is 5.92 Å². The second kappa shape index (κ2) is 12.1. The van der Waals surface area contributed by atoms with E-state index in [4.69, 9.17) is 25.8 Å². The number of hydrogen-bond acceptors (Lipinski definition) is 6. The van der Waals surface area contributed by atoms with Gasteiger partial charge in [0.05, 0.1) is 44.2 Å². The first-order chi connectivity index (χ1) is 18.7. The maximum Gasteiger partial charge on any atom is 0.255 e. The van der Waals surface area contributed by atoms with E-state index in [-0.39, 0.29) is 10.9 Å². The minimum absolute atomic E-state index is 0.159. The van der Waals surface area contributed by atoms with Crippen LogP contribution in [0.2, 0.25) is 5.02 Å². The zero-order chi connectivity index (χ0) is 28.2. The largest absolute Gasteiger partial charge is 0.496 e. The van der Waals surface area contributed by atoms with Crippen LogP contribution < -0.4 is 19.5 Å². The van der Waals surface area contributed by atoms with Gasteiger partial charge in [-0.3, -0.25) is 4.79 Å². The predicted molar refractivity (Wildman–Crippen MR) is 155 cm³/mol. The molecule has 2 heterocycles. The Balaban J connectivity index is 1.74. The van der Waals surface area contributed by atoms with E-state index in [1.165, 1.54) is 7.11 Å². The van der Waals surface area contributed by atoms with Gasteiger partial charge in [-0.25, -0.2) is 0 Å². The zero-order valence-corrected chi connectivity index (χ0v) is 24.3. The predicted octanol–water partition coefficient (Wildman–Crippen LogP) is 6.01. The number of methoxy groups -OCH3 is 3. The van der Waals surface area contributed by atoms with Crippen LogP contribution in [0, 0.1) is 5.92 Å². The monoisotopic (exact) mass is 551 g/mol. The lowest BCUT2D eigenvalue weighted by Crippen LogP contribution is -2.48. The molecule has 1 unspecified atom stereocenters. The molecule has 4 rings (SSSR count). The number of hydrogen-bond donors (Lipinski definition) is 1. The van der Waals surface area contributed by atoms with Crippen LogP contribution in [-0.4, -0.2) is 55.8 Å². The highest BCUT2D eigenvalue weighted by Gasteiger charge is 2.40. The van der Waals surface area contributed by atoms with E-state index in [1.54, 1.807) is 26.4 Å². The first kappa shape index (κ1) is 28.4. The third-order valence-corrected chi connectivity index (χ3v) is 7.56. The molecular weight excluding hydrogens is 514 g/mol. The van der Waals surface area contributed by atoms with Crippen molar-refractivity contribution in [2.45, 2.75) is 39.3 Å². The molecule has 0 bridgehead atoms. The maximum absolute atomic E-state index is 14.0. The Bertz CT molecular complexity index is 1300. The molecule has 0 saturated carbocycles. The molecular formula is C31H38ClN3O4. The summed E-state index contributed by atoms with van der Waals surface area (Å²) < 4.78 is 16.5. The molecule has 0 radical (unpaired) electrons. The lowest BCUT2D eigenvalue weighted by molar-refractivity contribution is 0.0759. The van der Waals surface area contributed by atoms with E-state index >= 15 is 0 Å². The minimum atomic E-state index is -0.435. The fourth-order valence-electron chi connectivity index (χ4n) is 5.04. The summed E-state index contributed by atoms with van der Waals surface area (Å²) in [7, 11) is 4.75. The Hall–Kier alpha value is -3.58. The van der Waals surface area contributed by atoms with E-state index in [2.05, 4.69) is 49.3 Å². The molecule has 2 aromatic carbocycles. The highest BCUT2D eigenvalue weighted by atomic mass is 35.5. The van der Waals surface area contributed by atoms with E-state index < -0.39 is 5.66 Å². The number of rotatable bonds is 11. The summed E-state index contributed by atoms with van der Waals surface area (Å²) in [6.45, 7) is 7.42. The van der Waals surface area contributed by atoms with Crippen molar-refractivity contribution in [3.05, 3.63) is 88.4 Å². The van der Waals surface area contributed by atoms with Gasteiger partial charge in [0.25, 0.3) is 5.91 Å². The molecule has 8 heteroatoms. The number of allylic oxidation sites excluding steroid dienone is 3. The summed E-state index contributed by atoms with van der Waals surface area (Å²) in [4.78, 5) is 18.1. The lowest BCUT2D eigenvalue weighted by Gasteiger charge is -2.35. The number of nitrogens with one attached hydrogen (secondary N) is 1. The minimum Gasteiger partial charge on any atom is -0.496 e. The topological polar surface area (TPSA) is 63.3 Å². The smallest absolute Gasteiger partial charge is 0.255 e. The number of carbonyl (C=O) groups excluding carboxylic acids is 1. The molecule has 1 atom stereocenters. The molecule has 2 aliphatic heterocycles. The Morgan fingerprint density at radius 2 is 1.79 bits per heavy atom. The standard InChI is InChI=1S/C31H38ClN3O4/c1-21(2)15-18-34(30(36)23-13-14-27(38-5)29(39-6)28(23)32)20-24-25(19-22-11-7-8-12-26(22)37-4)35-17-10-9-16-31(35,3)33-24/h7-14,16-17,21,33H,15,18-20H2,1-6H3. The van der Waals surface area contributed by atoms with Crippen LogP contribution in [0.25, 0.3) is 0 Å². The van der Waals surface area contributed by atoms with Gasteiger partial charge in [0.15, 0.2) is 11.5 Å². The number of fused-ring (bicyclic) bond motifs is 1. The Kier molecular flexibility index (Phi) is 8.80. The SMILES string of the molecule is COc1ccccc1CC1=C(CN(CCC(C)C)C(=O)c2ccc(OC)c(OC)c2Cl)NC2(C)C=CC=CN12. The molecule has 7 nitrogen and oxygen atoms in total. The summed E-state index contributed by atoms with van der Waals surface area (Å²) in [6, 6.07) is 11.5. The number of ether oxygens (including phenoxy) is 3. The maximum atomic E-state index is 14.0. The highest BCUT2D eigenvalue weighted by Crippen LogP contribution is 2.39. The summed E-state index contributed by atoms with van der Waals surface area (Å²) >= 11 is 6.68. The molecule has 0 spiro atoms. The number of halogens is 1. The number of benzene rings is 2. The molecule has 2 aromatic rings. The second-order valence-electron chi connectivity index (χ2n) is 10.3. The van der Waals surface area contributed by atoms with Crippen LogP contribution in [0.15, 0.2) is 72.2 Å². The van der Waals surface area contributed by atoms with Crippen molar-refractivity contribution in [1.29, 1.82) is 0 Å². The van der Waals surface area contributed by atoms with Gasteiger partial charge >= 0.3 is 0 Å². The number of carbonyl (C=O) groups is 1. The van der Waals surface area contributed by atoms with Gasteiger partial charge in [0.2, 0.25) is 0 Å². The molecule has 0 saturated heterocycles. The molecule has 1 amide bonds. The first-order valence-corrected chi connectivity index (χ1v) is 13.6. The Morgan fingerprint density at radius 3 is 2.49 bits per heavy atom. The lowest BCUT2D eigenvalue weighted by atomic mass is 10.0. The average Bonchev–Trinajstić information content (AvgIpc) is 3.21. The van der Waals surface area contributed by atoms with Gasteiger partial charge in [-0.2, -0.15) is 0 Å². The number of amides is 1. The van der Waals surface area contributed by atoms with Crippen molar-refractivity contribution in [3.8, 4) is 17.2 Å². The van der Waals surface area contributed by atoms with Crippen LogP contribution >= 0.6 is 11.6 Å². The molecule has 0 aliphatic carbocycles. The fraction of sp³-hybridized carbons (Fsp3) is 0.387. The molecule has 0 fully saturated rings. The van der Waals surface area contributed by atoms with E-state index in [0.717, 1.165) is 29.1 Å². The highest BCUT2D eigenvalue weighted by molar-refractivity contribution is 6.35. The van der Waals surface area contributed by atoms with Gasteiger partial charge < -0.3 is 29.3 Å². The van der Waals surface area contributed by atoms with Crippen LogP contribution in [0.4, 0.5) is 0 Å². The van der Waals surface area contributed by atoms with Crippen molar-refractivity contribution in [1.82, 2.24) is 15.1 Å². The quantitative estimate of drug-likeness (QED) is 0.369. The summed E-state index contributed by atoms with van der Waals surface area (Å²) in [5.74, 6) is 1.93. The van der Waals surface area contributed by atoms with Gasteiger partial charge in [-0.15, -0.1) is 0 Å². The first-order valence-electron chi connectivity index (χ1n) is 13.2. The zero-order valence-electron chi connectivity index (χ0n) is 23.6. The summed E-state index contributed by atoms with van der Waals surface area (Å²) in [5, 5.41) is 3.96. The average molecular weight is 552 g/mol. The third-order valence-electron chi connectivity index (χ3n) is 7.19. The number of nitrogens with zero attached hydrogens (tertiary/aromatic N) is 2. The summed E-state index contributed by atoms with van der Waals surface area (Å²) in [6.07, 6.45) is 9.78. The van der Waals surface area contributed by atoms with Crippen LogP contribution in [0.5, 0.6) is 17.2 Å². The van der Waals surface area contributed by atoms with E-state index in [9.17, 15) is 4.79 Å². The normalized spacial score (nSPS) is 17.8. The van der Waals surface area contributed by atoms with Crippen molar-refractivity contribution in [2.75, 3.05) is 34.4 Å². The second-order valence-corrected chi connectivity index (χ2v) is 10.7. The van der Waals surface area contributed by atoms with Gasteiger partial charge in [0.1, 0.15) is 11.4 Å². The Labute approximate surface area is 236 Å². The summed E-state index contributed by atoms with van der Waals surface area (Å²) in [5.41, 5.74) is 3.09. The molecule has 0 aromatic heterocycles. The van der Waals surface area contributed by atoms with Gasteiger partial charge in [-0.05, 0) is 49.6 Å². The Morgan fingerprint density at radius 1 is 1.05 bits per heavy atom. The number of para-hydroxylation sites is 1. The van der Waals surface area contributed by atoms with Gasteiger partial charge in [-0.1, -0.05) is 49.7 Å². The van der Waals surface area contributed by atoms with Crippen molar-refractivity contribution < 1.29 is 19.0 Å². The van der Waals surface area contributed by atoms with E-state index in [1.807, 2.05) is 35.3 Å². The molecule has 208 valence electrons. The van der Waals surface area contributed by atoms with Crippen LogP contribution in [-0.2, 0) is 6.42 Å². The third kappa shape index (κ3) is 5.88. The van der Waals surface area contributed by atoms with Crippen molar-refractivity contribution in [3.63, 3.8) is 0 Å². The molecule has 39 heavy (non-hydrogen) atoms. The van der Waals surface area contributed by atoms with E-state index in [0.29, 0.717) is 42.5 Å².